The number of urea groups is 1. The average molecular weight is 299 g/mol. The molecule has 0 atom stereocenters. The number of fused-ring (bicyclic) bond motifs is 1. The van der Waals surface area contributed by atoms with E-state index in [9.17, 15) is 9.59 Å². The summed E-state index contributed by atoms with van der Waals surface area (Å²) in [6, 6.07) is 4.78. The number of hydrogen-bond donors (Lipinski definition) is 3. The van der Waals surface area contributed by atoms with Crippen LogP contribution in [0.2, 0.25) is 5.02 Å². The zero-order chi connectivity index (χ0) is 13.8. The Kier molecular flexibility index (Phi) is 4.28. The molecular weight excluding hydrogens is 288 g/mol. The maximum Gasteiger partial charge on any atom is 0.321 e. The molecule has 1 heterocycles. The summed E-state index contributed by atoms with van der Waals surface area (Å²) in [7, 11) is 1.44. The first-order valence-corrected chi connectivity index (χ1v) is 6.74. The molecule has 8 heteroatoms. The first-order valence-electron chi connectivity index (χ1n) is 5.38. The molecule has 2 aromatic rings. The molecule has 0 radical (unpaired) electrons. The lowest BCUT2D eigenvalue weighted by Gasteiger charge is -2.01. The molecule has 1 aromatic carbocycles. The third-order valence-corrected chi connectivity index (χ3v) is 3.35. The number of H-pyrrole nitrogens is 1. The lowest BCUT2D eigenvalue weighted by molar-refractivity contribution is -0.117. The van der Waals surface area contributed by atoms with Gasteiger partial charge in [0, 0.05) is 12.1 Å². The molecule has 0 saturated heterocycles. The summed E-state index contributed by atoms with van der Waals surface area (Å²) >= 11 is 7.08. The largest absolute Gasteiger partial charge is 0.341 e. The van der Waals surface area contributed by atoms with Crippen LogP contribution in [-0.4, -0.2) is 34.7 Å². The summed E-state index contributed by atoms with van der Waals surface area (Å²) in [6.07, 6.45) is 0. The van der Waals surface area contributed by atoms with Crippen molar-refractivity contribution in [1.29, 1.82) is 0 Å². The number of carbonyl (C=O) groups excluding carboxylic acids is 2. The summed E-state index contributed by atoms with van der Waals surface area (Å²) in [5.41, 5.74) is 1.58. The van der Waals surface area contributed by atoms with Gasteiger partial charge in [-0.3, -0.25) is 10.1 Å². The molecule has 0 bridgehead atoms. The molecule has 2 rings (SSSR count). The Labute approximate surface area is 118 Å². The Morgan fingerprint density at radius 1 is 1.47 bits per heavy atom. The van der Waals surface area contributed by atoms with E-state index in [0.29, 0.717) is 10.2 Å². The number of imidazole rings is 1. The first kappa shape index (κ1) is 13.7. The van der Waals surface area contributed by atoms with E-state index >= 15 is 0 Å². The molecule has 0 spiro atoms. The van der Waals surface area contributed by atoms with E-state index in [-0.39, 0.29) is 11.7 Å². The number of aromatic nitrogens is 2. The second-order valence-corrected chi connectivity index (χ2v) is 5.02. The van der Waals surface area contributed by atoms with Gasteiger partial charge < -0.3 is 10.3 Å². The zero-order valence-corrected chi connectivity index (χ0v) is 11.6. The van der Waals surface area contributed by atoms with Crippen LogP contribution in [0.1, 0.15) is 0 Å². The summed E-state index contributed by atoms with van der Waals surface area (Å²) in [4.78, 5) is 29.7. The van der Waals surface area contributed by atoms with E-state index in [1.165, 1.54) is 18.8 Å². The zero-order valence-electron chi connectivity index (χ0n) is 9.99. The van der Waals surface area contributed by atoms with E-state index < -0.39 is 6.03 Å². The summed E-state index contributed by atoms with van der Waals surface area (Å²) in [5, 5.41) is 5.69. The van der Waals surface area contributed by atoms with Gasteiger partial charge in [0.2, 0.25) is 5.91 Å². The van der Waals surface area contributed by atoms with Crippen LogP contribution in [0, 0.1) is 0 Å². The second-order valence-electron chi connectivity index (χ2n) is 3.62. The van der Waals surface area contributed by atoms with Crippen LogP contribution in [0.15, 0.2) is 23.4 Å². The van der Waals surface area contributed by atoms with Crippen LogP contribution >= 0.6 is 23.4 Å². The highest BCUT2D eigenvalue weighted by molar-refractivity contribution is 7.99. The number of imide groups is 1. The van der Waals surface area contributed by atoms with E-state index in [4.69, 9.17) is 11.6 Å². The smallest absolute Gasteiger partial charge is 0.321 e. The predicted molar refractivity (Wildman–Crippen MR) is 74.4 cm³/mol. The molecule has 3 amide bonds. The number of aromatic amines is 1. The number of thioether (sulfide) groups is 1. The van der Waals surface area contributed by atoms with Gasteiger partial charge in [0.15, 0.2) is 5.16 Å². The van der Waals surface area contributed by atoms with Crippen LogP contribution in [0.5, 0.6) is 0 Å². The van der Waals surface area contributed by atoms with Gasteiger partial charge in [-0.2, -0.15) is 0 Å². The van der Waals surface area contributed by atoms with Crippen molar-refractivity contribution in [2.75, 3.05) is 12.8 Å². The molecule has 1 aromatic heterocycles. The number of hydrogen-bond acceptors (Lipinski definition) is 4. The summed E-state index contributed by atoms with van der Waals surface area (Å²) in [5.74, 6) is -0.288. The standard InChI is InChI=1S/C11H11ClN4O2S/c1-13-10(18)16-9(17)5-19-11-14-7-3-2-6(12)4-8(7)15-11/h2-4H,5H2,1H3,(H,14,15)(H2,13,16,17,18). The number of benzene rings is 1. The molecule has 19 heavy (non-hydrogen) atoms. The van der Waals surface area contributed by atoms with Crippen LogP contribution in [-0.2, 0) is 4.79 Å². The third-order valence-electron chi connectivity index (χ3n) is 2.24. The number of nitrogens with one attached hydrogen (secondary N) is 3. The van der Waals surface area contributed by atoms with Crippen molar-refractivity contribution in [3.8, 4) is 0 Å². The van der Waals surface area contributed by atoms with Gasteiger partial charge in [0.05, 0.1) is 16.8 Å². The quantitative estimate of drug-likeness (QED) is 0.754. The average Bonchev–Trinajstić information content (AvgIpc) is 2.78. The van der Waals surface area contributed by atoms with Gasteiger partial charge in [-0.25, -0.2) is 9.78 Å². The highest BCUT2D eigenvalue weighted by atomic mass is 35.5. The Morgan fingerprint density at radius 2 is 2.26 bits per heavy atom. The van der Waals surface area contributed by atoms with Crippen LogP contribution < -0.4 is 10.6 Å². The SMILES string of the molecule is CNC(=O)NC(=O)CSc1nc2ccc(Cl)cc2[nH]1. The van der Waals surface area contributed by atoms with E-state index in [0.717, 1.165) is 11.0 Å². The van der Waals surface area contributed by atoms with Crippen molar-refractivity contribution in [3.05, 3.63) is 23.2 Å². The number of rotatable bonds is 3. The fourth-order valence-electron chi connectivity index (χ4n) is 1.39. The maximum atomic E-state index is 11.4. The predicted octanol–water partition coefficient (Wildman–Crippen LogP) is 1.76. The first-order chi connectivity index (χ1) is 9.08. The minimum absolute atomic E-state index is 0.0982. The number of amides is 3. The van der Waals surface area contributed by atoms with Gasteiger partial charge in [-0.05, 0) is 18.2 Å². The maximum absolute atomic E-state index is 11.4. The van der Waals surface area contributed by atoms with E-state index in [1.54, 1.807) is 18.2 Å². The normalized spacial score (nSPS) is 10.4. The van der Waals surface area contributed by atoms with Gasteiger partial charge in [-0.1, -0.05) is 23.4 Å². The number of halogens is 1. The highest BCUT2D eigenvalue weighted by Crippen LogP contribution is 2.21. The monoisotopic (exact) mass is 298 g/mol. The Hall–Kier alpha value is -1.73. The van der Waals surface area contributed by atoms with E-state index in [2.05, 4.69) is 20.6 Å². The second kappa shape index (κ2) is 5.94. The number of carbonyl (C=O) groups is 2. The fourth-order valence-corrected chi connectivity index (χ4v) is 2.24. The van der Waals surface area contributed by atoms with Crippen LogP contribution in [0.25, 0.3) is 11.0 Å². The minimum atomic E-state index is -0.526. The van der Waals surface area contributed by atoms with Crippen molar-refractivity contribution < 1.29 is 9.59 Å². The molecule has 0 aliphatic carbocycles. The van der Waals surface area contributed by atoms with Gasteiger partial charge >= 0.3 is 6.03 Å². The molecule has 100 valence electrons. The Morgan fingerprint density at radius 3 is 3.00 bits per heavy atom. The fraction of sp³-hybridized carbons (Fsp3) is 0.182. The van der Waals surface area contributed by atoms with Crippen molar-refractivity contribution in [2.45, 2.75) is 5.16 Å². The molecule has 0 aliphatic rings. The lowest BCUT2D eigenvalue weighted by atomic mass is 10.3. The van der Waals surface area contributed by atoms with Gasteiger partial charge in [0.25, 0.3) is 0 Å². The van der Waals surface area contributed by atoms with Crippen LogP contribution in [0.3, 0.4) is 0 Å². The summed E-state index contributed by atoms with van der Waals surface area (Å²) < 4.78 is 0. The Balaban J connectivity index is 1.98. The highest BCUT2D eigenvalue weighted by Gasteiger charge is 2.09. The van der Waals surface area contributed by atoms with Crippen LogP contribution in [0.4, 0.5) is 4.79 Å². The van der Waals surface area contributed by atoms with Gasteiger partial charge in [0.1, 0.15) is 0 Å². The van der Waals surface area contributed by atoms with E-state index in [1.807, 2.05) is 0 Å². The molecule has 6 nitrogen and oxygen atoms in total. The minimum Gasteiger partial charge on any atom is -0.341 e. The molecule has 0 fully saturated rings. The third kappa shape index (κ3) is 3.62. The molecule has 0 saturated carbocycles. The van der Waals surface area contributed by atoms with Crippen molar-refractivity contribution in [1.82, 2.24) is 20.6 Å². The van der Waals surface area contributed by atoms with Crippen molar-refractivity contribution in [3.63, 3.8) is 0 Å². The molecule has 0 aliphatic heterocycles. The van der Waals surface area contributed by atoms with Gasteiger partial charge in [-0.15, -0.1) is 0 Å². The Bertz CT molecular complexity index is 628. The molecule has 3 N–H and O–H groups in total. The number of nitrogens with zero attached hydrogens (tertiary/aromatic N) is 1. The van der Waals surface area contributed by atoms with Crippen molar-refractivity contribution >= 4 is 46.3 Å². The molecule has 0 unspecified atom stereocenters. The molecular formula is C11H11ClN4O2S. The topological polar surface area (TPSA) is 86.9 Å². The summed E-state index contributed by atoms with van der Waals surface area (Å²) in [6.45, 7) is 0. The lowest BCUT2D eigenvalue weighted by Crippen LogP contribution is -2.38. The van der Waals surface area contributed by atoms with Crippen molar-refractivity contribution in [2.24, 2.45) is 0 Å².